The van der Waals surface area contributed by atoms with Crippen LogP contribution in [0.25, 0.3) is 0 Å². The second kappa shape index (κ2) is 6.67. The Balaban J connectivity index is 1.60. The van der Waals surface area contributed by atoms with Crippen molar-refractivity contribution in [1.82, 2.24) is 10.4 Å². The fourth-order valence-corrected chi connectivity index (χ4v) is 2.63. The maximum Gasteiger partial charge on any atom is 0.225 e. The normalized spacial score (nSPS) is 20.1. The average molecular weight is 348 g/mol. The van der Waals surface area contributed by atoms with E-state index in [4.69, 9.17) is 20.9 Å². The monoisotopic (exact) mass is 347 g/mol. The van der Waals surface area contributed by atoms with E-state index in [0.717, 1.165) is 5.56 Å². The summed E-state index contributed by atoms with van der Waals surface area (Å²) in [5, 5.41) is 5.05. The van der Waals surface area contributed by atoms with Crippen LogP contribution in [0.2, 0.25) is 5.02 Å². The maximum absolute atomic E-state index is 12.2. The third kappa shape index (κ3) is 3.77. The van der Waals surface area contributed by atoms with E-state index in [1.807, 2.05) is 12.1 Å². The number of nitrogens with zero attached hydrogens (tertiary/aromatic N) is 2. The molecule has 2 heterocycles. The zero-order valence-electron chi connectivity index (χ0n) is 13.5. The van der Waals surface area contributed by atoms with Crippen LogP contribution in [0.4, 0.5) is 0 Å². The first-order valence-corrected chi connectivity index (χ1v) is 7.91. The van der Waals surface area contributed by atoms with Crippen LogP contribution in [-0.2, 0) is 16.2 Å². The van der Waals surface area contributed by atoms with E-state index in [1.54, 1.807) is 44.5 Å². The minimum absolute atomic E-state index is 0.106. The van der Waals surface area contributed by atoms with Gasteiger partial charge in [0.1, 0.15) is 0 Å². The molecule has 1 N–H and O–H groups in total. The van der Waals surface area contributed by atoms with E-state index in [9.17, 15) is 4.79 Å². The van der Waals surface area contributed by atoms with Gasteiger partial charge in [-0.1, -0.05) is 23.7 Å². The summed E-state index contributed by atoms with van der Waals surface area (Å²) in [5.74, 6) is 1.01. The number of aliphatic imine (C=N–C) groups is 1. The van der Waals surface area contributed by atoms with Crippen LogP contribution in [0, 0.1) is 0 Å². The fraction of sp³-hybridized carbons (Fsp3) is 0.294. The van der Waals surface area contributed by atoms with Crippen molar-refractivity contribution in [2.24, 2.45) is 4.99 Å². The number of benzene rings is 1. The number of rotatable bonds is 5. The molecular formula is C17H18ClN3O3. The van der Waals surface area contributed by atoms with Gasteiger partial charge in [0, 0.05) is 18.6 Å². The van der Waals surface area contributed by atoms with E-state index in [1.165, 1.54) is 5.06 Å². The van der Waals surface area contributed by atoms with Gasteiger partial charge in [0.25, 0.3) is 0 Å². The van der Waals surface area contributed by atoms with Crippen molar-refractivity contribution in [3.8, 4) is 0 Å². The molecule has 0 fully saturated rings. The topological polar surface area (TPSA) is 67.1 Å². The molecule has 1 aromatic heterocycles. The summed E-state index contributed by atoms with van der Waals surface area (Å²) in [6, 6.07) is 10.9. The van der Waals surface area contributed by atoms with Gasteiger partial charge in [-0.3, -0.25) is 4.79 Å². The first-order valence-electron chi connectivity index (χ1n) is 7.53. The van der Waals surface area contributed by atoms with E-state index >= 15 is 0 Å². The van der Waals surface area contributed by atoms with E-state index in [0.29, 0.717) is 23.2 Å². The number of hydrogen-bond acceptors (Lipinski definition) is 5. The van der Waals surface area contributed by atoms with Crippen molar-refractivity contribution in [3.63, 3.8) is 0 Å². The number of hydroxylamine groups is 2. The predicted molar refractivity (Wildman–Crippen MR) is 90.4 cm³/mol. The highest BCUT2D eigenvalue weighted by Crippen LogP contribution is 2.27. The maximum atomic E-state index is 12.2. The lowest BCUT2D eigenvalue weighted by Crippen LogP contribution is -2.35. The van der Waals surface area contributed by atoms with Gasteiger partial charge in [-0.05, 0) is 36.8 Å². The second-order valence-corrected chi connectivity index (χ2v) is 6.19. The predicted octanol–water partition coefficient (Wildman–Crippen LogP) is 2.98. The van der Waals surface area contributed by atoms with Crippen molar-refractivity contribution in [1.29, 1.82) is 0 Å². The Bertz CT molecular complexity index is 743. The fourth-order valence-electron chi connectivity index (χ4n) is 2.50. The lowest BCUT2D eigenvalue weighted by molar-refractivity contribution is -0.166. The minimum atomic E-state index is -0.957. The summed E-state index contributed by atoms with van der Waals surface area (Å²) >= 11 is 5.84. The van der Waals surface area contributed by atoms with Gasteiger partial charge in [-0.15, -0.1) is 0 Å². The molecule has 0 radical (unpaired) electrons. The largest absolute Gasteiger partial charge is 0.461 e. The number of halogens is 1. The number of nitrogens with one attached hydrogen (secondary N) is 1. The molecule has 3 rings (SSSR count). The van der Waals surface area contributed by atoms with Gasteiger partial charge in [-0.2, -0.15) is 0 Å². The molecule has 0 saturated carbocycles. The van der Waals surface area contributed by atoms with Crippen molar-refractivity contribution in [2.45, 2.75) is 25.6 Å². The van der Waals surface area contributed by atoms with Crippen LogP contribution < -0.4 is 5.32 Å². The highest BCUT2D eigenvalue weighted by molar-refractivity contribution is 6.30. The average Bonchev–Trinajstić information content (AvgIpc) is 3.14. The number of amides is 1. The molecule has 0 saturated heterocycles. The van der Waals surface area contributed by atoms with Crippen molar-refractivity contribution in [2.75, 3.05) is 7.05 Å². The molecule has 0 bridgehead atoms. The van der Waals surface area contributed by atoms with Crippen molar-refractivity contribution in [3.05, 3.63) is 59.0 Å². The minimum Gasteiger partial charge on any atom is -0.461 e. The van der Waals surface area contributed by atoms with Gasteiger partial charge in [0.15, 0.2) is 17.3 Å². The van der Waals surface area contributed by atoms with Crippen LogP contribution in [0.1, 0.15) is 24.7 Å². The highest BCUT2D eigenvalue weighted by atomic mass is 35.5. The Hall–Kier alpha value is -2.31. The molecule has 0 aliphatic carbocycles. The molecule has 1 aromatic carbocycles. The summed E-state index contributed by atoms with van der Waals surface area (Å²) < 4.78 is 5.34. The van der Waals surface area contributed by atoms with E-state index < -0.39 is 5.72 Å². The van der Waals surface area contributed by atoms with Crippen LogP contribution in [0.3, 0.4) is 0 Å². The summed E-state index contributed by atoms with van der Waals surface area (Å²) in [5.41, 5.74) is 0.0168. The SMILES string of the molecule is CN1OC(C)(CC(=O)NCc2ccc(Cl)cc2)N=C1c1ccco1. The number of carbonyl (C=O) groups is 1. The molecule has 2 aromatic rings. The summed E-state index contributed by atoms with van der Waals surface area (Å²) in [7, 11) is 1.73. The van der Waals surface area contributed by atoms with Crippen LogP contribution >= 0.6 is 11.6 Å². The Morgan fingerprint density at radius 1 is 1.33 bits per heavy atom. The molecule has 0 spiro atoms. The van der Waals surface area contributed by atoms with E-state index in [2.05, 4.69) is 10.3 Å². The Labute approximate surface area is 145 Å². The number of hydrogen-bond donors (Lipinski definition) is 1. The highest BCUT2D eigenvalue weighted by Gasteiger charge is 2.38. The molecule has 1 aliphatic rings. The molecule has 24 heavy (non-hydrogen) atoms. The van der Waals surface area contributed by atoms with Crippen LogP contribution in [-0.4, -0.2) is 29.6 Å². The molecule has 1 amide bonds. The third-order valence-electron chi connectivity index (χ3n) is 3.61. The second-order valence-electron chi connectivity index (χ2n) is 5.76. The molecule has 6 nitrogen and oxygen atoms in total. The molecule has 126 valence electrons. The lowest BCUT2D eigenvalue weighted by atomic mass is 10.1. The molecule has 7 heteroatoms. The molecule has 1 atom stereocenters. The third-order valence-corrected chi connectivity index (χ3v) is 3.86. The van der Waals surface area contributed by atoms with Gasteiger partial charge in [0.2, 0.25) is 5.91 Å². The zero-order chi connectivity index (χ0) is 17.2. The Morgan fingerprint density at radius 3 is 2.75 bits per heavy atom. The standard InChI is InChI=1S/C17H18ClN3O3/c1-17(20-16(21(2)24-17)14-4-3-9-23-14)10-15(22)19-11-12-5-7-13(18)8-6-12/h3-9H,10-11H2,1-2H3,(H,19,22). The summed E-state index contributed by atoms with van der Waals surface area (Å²) in [6.07, 6.45) is 1.68. The smallest absolute Gasteiger partial charge is 0.225 e. The zero-order valence-corrected chi connectivity index (χ0v) is 14.2. The quantitative estimate of drug-likeness (QED) is 0.903. The van der Waals surface area contributed by atoms with Crippen LogP contribution in [0.5, 0.6) is 0 Å². The summed E-state index contributed by atoms with van der Waals surface area (Å²) in [4.78, 5) is 22.4. The van der Waals surface area contributed by atoms with Gasteiger partial charge in [0.05, 0.1) is 12.7 Å². The lowest BCUT2D eigenvalue weighted by Gasteiger charge is -2.21. The number of amidine groups is 1. The van der Waals surface area contributed by atoms with Crippen molar-refractivity contribution >= 4 is 23.3 Å². The first kappa shape index (κ1) is 16.5. The summed E-state index contributed by atoms with van der Waals surface area (Å²) in [6.45, 7) is 2.19. The van der Waals surface area contributed by atoms with E-state index in [-0.39, 0.29) is 12.3 Å². The van der Waals surface area contributed by atoms with Gasteiger partial charge < -0.3 is 9.73 Å². The number of furan rings is 1. The molecular weight excluding hydrogens is 330 g/mol. The first-order chi connectivity index (χ1) is 11.5. The van der Waals surface area contributed by atoms with Crippen molar-refractivity contribution < 1.29 is 14.0 Å². The molecule has 1 unspecified atom stereocenters. The molecule has 1 aliphatic heterocycles. The number of carbonyl (C=O) groups excluding carboxylic acids is 1. The van der Waals surface area contributed by atoms with Gasteiger partial charge in [-0.25, -0.2) is 14.9 Å². The Kier molecular flexibility index (Phi) is 4.59. The Morgan fingerprint density at radius 2 is 2.08 bits per heavy atom. The van der Waals surface area contributed by atoms with Crippen LogP contribution in [0.15, 0.2) is 52.1 Å². The van der Waals surface area contributed by atoms with Gasteiger partial charge >= 0.3 is 0 Å².